The van der Waals surface area contributed by atoms with Gasteiger partial charge in [-0.25, -0.2) is 0 Å². The molecule has 0 saturated carbocycles. The summed E-state index contributed by atoms with van der Waals surface area (Å²) < 4.78 is 8.53. The fraction of sp³-hybridized carbons (Fsp3) is 0.0227. The lowest BCUT2D eigenvalue weighted by atomic mass is 9.86. The second-order valence-electron chi connectivity index (χ2n) is 12.4. The first kappa shape index (κ1) is 25.9. The molecule has 0 radical (unpaired) electrons. The topological polar surface area (TPSA) is 41.9 Å². The number of fused-ring (bicyclic) bond motifs is 10. The van der Waals surface area contributed by atoms with Crippen LogP contribution in [0.2, 0.25) is 0 Å². The van der Waals surface area contributed by atoms with E-state index in [0.29, 0.717) is 5.56 Å². The zero-order valence-corrected chi connectivity index (χ0v) is 25.3. The standard InChI is InChI=1S/C44H26N2O/c45-26-30-25-29(21-23-37(30)46-38-14-6-3-10-32(38)33-11-4-7-15-39(33)46)27-17-19-28(20-18-27)42-34-12-2-1-9-31(34)35-22-24-41-43(44(35)42)36-13-5-8-16-40(36)47-41/h1-25,42H. The predicted octanol–water partition coefficient (Wildman–Crippen LogP) is 11.4. The van der Waals surface area contributed by atoms with Gasteiger partial charge >= 0.3 is 0 Å². The van der Waals surface area contributed by atoms with Gasteiger partial charge in [-0.2, -0.15) is 5.26 Å². The van der Waals surface area contributed by atoms with Crippen LogP contribution in [-0.2, 0) is 0 Å². The molecule has 47 heavy (non-hydrogen) atoms. The van der Waals surface area contributed by atoms with Gasteiger partial charge in [-0.1, -0.05) is 115 Å². The third-order valence-electron chi connectivity index (χ3n) is 9.95. The van der Waals surface area contributed by atoms with Crippen LogP contribution in [0, 0.1) is 11.3 Å². The number of hydrogen-bond donors (Lipinski definition) is 0. The summed E-state index contributed by atoms with van der Waals surface area (Å²) in [5.74, 6) is 0.0901. The zero-order chi connectivity index (χ0) is 31.1. The van der Waals surface area contributed by atoms with Crippen LogP contribution in [0.1, 0.15) is 28.2 Å². The quantitative estimate of drug-likeness (QED) is 0.203. The van der Waals surface area contributed by atoms with Crippen LogP contribution in [0.3, 0.4) is 0 Å². The molecule has 1 unspecified atom stereocenters. The Labute approximate surface area is 271 Å². The molecule has 0 N–H and O–H groups in total. The van der Waals surface area contributed by atoms with Crippen molar-refractivity contribution in [1.82, 2.24) is 4.57 Å². The van der Waals surface area contributed by atoms with E-state index in [1.807, 2.05) is 12.1 Å². The molecule has 0 aliphatic heterocycles. The van der Waals surface area contributed by atoms with Crippen LogP contribution >= 0.6 is 0 Å². The highest BCUT2D eigenvalue weighted by Crippen LogP contribution is 2.52. The molecule has 10 rings (SSSR count). The van der Waals surface area contributed by atoms with Crippen LogP contribution in [-0.4, -0.2) is 4.57 Å². The highest BCUT2D eigenvalue weighted by Gasteiger charge is 2.33. The summed E-state index contributed by atoms with van der Waals surface area (Å²) in [7, 11) is 0. The lowest BCUT2D eigenvalue weighted by molar-refractivity contribution is 0.668. The van der Waals surface area contributed by atoms with E-state index in [1.165, 1.54) is 44.0 Å². The molecule has 9 aromatic rings. The molecule has 7 aromatic carbocycles. The van der Waals surface area contributed by atoms with Crippen LogP contribution in [0.25, 0.3) is 71.7 Å². The van der Waals surface area contributed by atoms with Crippen molar-refractivity contribution in [1.29, 1.82) is 5.26 Å². The average Bonchev–Trinajstić information content (AvgIpc) is 3.79. The number of benzene rings is 7. The van der Waals surface area contributed by atoms with Gasteiger partial charge in [0.1, 0.15) is 17.2 Å². The first-order valence-electron chi connectivity index (χ1n) is 15.9. The van der Waals surface area contributed by atoms with Gasteiger partial charge in [-0.3, -0.25) is 0 Å². The van der Waals surface area contributed by atoms with Gasteiger partial charge in [0.2, 0.25) is 0 Å². The number of nitriles is 1. The summed E-state index contributed by atoms with van der Waals surface area (Å²) in [6, 6.07) is 55.9. The molecule has 3 heteroatoms. The highest BCUT2D eigenvalue weighted by atomic mass is 16.3. The Kier molecular flexibility index (Phi) is 5.41. The number of nitrogens with zero attached hydrogens (tertiary/aromatic N) is 2. The van der Waals surface area contributed by atoms with Gasteiger partial charge in [0.15, 0.2) is 0 Å². The molecule has 0 spiro atoms. The number of aromatic nitrogens is 1. The molecule has 0 amide bonds. The summed E-state index contributed by atoms with van der Waals surface area (Å²) in [4.78, 5) is 0. The molecule has 1 atom stereocenters. The second-order valence-corrected chi connectivity index (χ2v) is 12.4. The number of furan rings is 1. The fourth-order valence-electron chi connectivity index (χ4n) is 7.92. The Morgan fingerprint density at radius 1 is 0.553 bits per heavy atom. The maximum atomic E-state index is 10.4. The highest BCUT2D eigenvalue weighted by molar-refractivity contribution is 6.11. The third kappa shape index (κ3) is 3.67. The summed E-state index contributed by atoms with van der Waals surface area (Å²) in [5.41, 5.74) is 14.1. The van der Waals surface area contributed by atoms with Crippen molar-refractivity contribution >= 4 is 43.7 Å². The van der Waals surface area contributed by atoms with E-state index in [2.05, 4.69) is 150 Å². The van der Waals surface area contributed by atoms with Crippen molar-refractivity contribution in [3.05, 3.63) is 174 Å². The first-order chi connectivity index (χ1) is 23.3. The number of rotatable bonds is 3. The Bertz CT molecular complexity index is 2700. The van der Waals surface area contributed by atoms with E-state index in [0.717, 1.165) is 44.4 Å². The van der Waals surface area contributed by atoms with Crippen molar-refractivity contribution in [2.45, 2.75) is 5.92 Å². The van der Waals surface area contributed by atoms with Crippen LogP contribution in [0.5, 0.6) is 0 Å². The minimum Gasteiger partial charge on any atom is -0.456 e. The monoisotopic (exact) mass is 598 g/mol. The van der Waals surface area contributed by atoms with Crippen molar-refractivity contribution < 1.29 is 4.42 Å². The SMILES string of the molecule is N#Cc1cc(-c2ccc(C3c4ccccc4-c4ccc5oc6ccccc6c5c43)cc2)ccc1-n1c2ccccc2c2ccccc21. The Hall–Kier alpha value is -6.37. The molecule has 1 aliphatic carbocycles. The maximum Gasteiger partial charge on any atom is 0.135 e. The maximum absolute atomic E-state index is 10.4. The number of hydrogen-bond acceptors (Lipinski definition) is 2. The lowest BCUT2D eigenvalue weighted by Gasteiger charge is -2.16. The van der Waals surface area contributed by atoms with Crippen LogP contribution < -0.4 is 0 Å². The van der Waals surface area contributed by atoms with E-state index < -0.39 is 0 Å². The van der Waals surface area contributed by atoms with Gasteiger partial charge in [0, 0.05) is 27.5 Å². The molecule has 0 saturated heterocycles. The van der Waals surface area contributed by atoms with Gasteiger partial charge in [-0.15, -0.1) is 0 Å². The Balaban J connectivity index is 1.09. The number of para-hydroxylation sites is 3. The summed E-state index contributed by atoms with van der Waals surface area (Å²) >= 11 is 0. The molecule has 218 valence electrons. The predicted molar refractivity (Wildman–Crippen MR) is 191 cm³/mol. The average molecular weight is 599 g/mol. The van der Waals surface area contributed by atoms with Crippen molar-refractivity contribution in [2.75, 3.05) is 0 Å². The summed E-state index contributed by atoms with van der Waals surface area (Å²) in [6.45, 7) is 0. The smallest absolute Gasteiger partial charge is 0.135 e. The molecule has 2 heterocycles. The normalized spacial score (nSPS) is 13.7. The third-order valence-corrected chi connectivity index (χ3v) is 9.95. The van der Waals surface area contributed by atoms with Crippen molar-refractivity contribution in [3.8, 4) is 34.0 Å². The van der Waals surface area contributed by atoms with E-state index in [-0.39, 0.29) is 5.92 Å². The van der Waals surface area contributed by atoms with Gasteiger partial charge in [0.05, 0.1) is 22.3 Å². The molecule has 2 aromatic heterocycles. The van der Waals surface area contributed by atoms with Gasteiger partial charge in [0.25, 0.3) is 0 Å². The fourth-order valence-corrected chi connectivity index (χ4v) is 7.92. The molecule has 0 fully saturated rings. The van der Waals surface area contributed by atoms with Gasteiger partial charge in [-0.05, 0) is 75.3 Å². The van der Waals surface area contributed by atoms with Crippen molar-refractivity contribution in [3.63, 3.8) is 0 Å². The first-order valence-corrected chi connectivity index (χ1v) is 15.9. The minimum absolute atomic E-state index is 0.0901. The second kappa shape index (κ2) is 9.81. The van der Waals surface area contributed by atoms with E-state index in [1.54, 1.807) is 0 Å². The molecule has 0 bridgehead atoms. The molecular weight excluding hydrogens is 572 g/mol. The largest absolute Gasteiger partial charge is 0.456 e. The molecule has 3 nitrogen and oxygen atoms in total. The lowest BCUT2D eigenvalue weighted by Crippen LogP contribution is -2.00. The van der Waals surface area contributed by atoms with Gasteiger partial charge < -0.3 is 8.98 Å². The van der Waals surface area contributed by atoms with E-state index in [9.17, 15) is 5.26 Å². The van der Waals surface area contributed by atoms with Crippen LogP contribution in [0.4, 0.5) is 0 Å². The van der Waals surface area contributed by atoms with Crippen LogP contribution in [0.15, 0.2) is 156 Å². The summed E-state index contributed by atoms with van der Waals surface area (Å²) in [5, 5.41) is 15.1. The van der Waals surface area contributed by atoms with E-state index >= 15 is 0 Å². The summed E-state index contributed by atoms with van der Waals surface area (Å²) in [6.07, 6.45) is 0. The Morgan fingerprint density at radius 3 is 1.98 bits per heavy atom. The Morgan fingerprint density at radius 2 is 1.21 bits per heavy atom. The molecule has 1 aliphatic rings. The minimum atomic E-state index is 0.0901. The molecular formula is C44H26N2O. The van der Waals surface area contributed by atoms with Crippen molar-refractivity contribution in [2.24, 2.45) is 0 Å². The zero-order valence-electron chi connectivity index (χ0n) is 25.3. The van der Waals surface area contributed by atoms with E-state index in [4.69, 9.17) is 4.42 Å².